The molecule has 2 aromatic rings. The Hall–Kier alpha value is -1.96. The fourth-order valence-electron chi connectivity index (χ4n) is 1.23. The minimum Gasteiger partial charge on any atom is -0.381 e. The molecule has 0 saturated heterocycles. The van der Waals surface area contributed by atoms with E-state index in [4.69, 9.17) is 5.73 Å². The van der Waals surface area contributed by atoms with Crippen molar-refractivity contribution in [1.29, 1.82) is 0 Å². The number of nitrogens with zero attached hydrogens (tertiary/aromatic N) is 4. The summed E-state index contributed by atoms with van der Waals surface area (Å²) in [6.45, 7) is 0. The fourth-order valence-corrected chi connectivity index (χ4v) is 1.58. The molecule has 1 aromatic carbocycles. The van der Waals surface area contributed by atoms with Gasteiger partial charge in [0.15, 0.2) is 5.82 Å². The summed E-state index contributed by atoms with van der Waals surface area (Å²) in [6, 6.07) is 4.64. The van der Waals surface area contributed by atoms with Crippen LogP contribution in [-0.4, -0.2) is 19.9 Å². The van der Waals surface area contributed by atoms with Gasteiger partial charge in [-0.1, -0.05) is 21.1 Å². The predicted octanol–water partition coefficient (Wildman–Crippen LogP) is 1.52. The number of aromatic nitrogens is 3. The highest BCUT2D eigenvalue weighted by Gasteiger charge is 2.16. The third-order valence-electron chi connectivity index (χ3n) is 1.89. The maximum absolute atomic E-state index is 10.8. The summed E-state index contributed by atoms with van der Waals surface area (Å²) in [5.74, 6) is 0.206. The van der Waals surface area contributed by atoms with E-state index in [1.54, 1.807) is 12.1 Å². The summed E-state index contributed by atoms with van der Waals surface area (Å²) in [6.07, 6.45) is 1.41. The van der Waals surface area contributed by atoms with Crippen LogP contribution in [0.15, 0.2) is 28.9 Å². The first-order chi connectivity index (χ1) is 7.58. The first-order valence-corrected chi connectivity index (χ1v) is 4.99. The van der Waals surface area contributed by atoms with E-state index >= 15 is 0 Å². The molecular formula is C8H6BrN5O2. The van der Waals surface area contributed by atoms with Gasteiger partial charge >= 0.3 is 0 Å². The summed E-state index contributed by atoms with van der Waals surface area (Å²) in [7, 11) is 0. The number of halogens is 1. The Morgan fingerprint density at radius 1 is 1.50 bits per heavy atom. The Balaban J connectivity index is 2.60. The van der Waals surface area contributed by atoms with E-state index < -0.39 is 4.92 Å². The van der Waals surface area contributed by atoms with E-state index in [0.29, 0.717) is 10.2 Å². The largest absolute Gasteiger partial charge is 0.381 e. The number of anilines is 1. The molecule has 0 aliphatic rings. The molecule has 0 atom stereocenters. The van der Waals surface area contributed by atoms with Gasteiger partial charge in [-0.3, -0.25) is 10.1 Å². The highest BCUT2D eigenvalue weighted by molar-refractivity contribution is 9.10. The van der Waals surface area contributed by atoms with Crippen molar-refractivity contribution < 1.29 is 4.92 Å². The Morgan fingerprint density at radius 2 is 2.25 bits per heavy atom. The molecule has 0 amide bonds. The van der Waals surface area contributed by atoms with Gasteiger partial charge in [-0.05, 0) is 12.1 Å². The molecule has 0 radical (unpaired) electrons. The zero-order valence-electron chi connectivity index (χ0n) is 7.87. The number of benzene rings is 1. The van der Waals surface area contributed by atoms with Gasteiger partial charge in [0, 0.05) is 10.5 Å². The van der Waals surface area contributed by atoms with Crippen LogP contribution in [0.5, 0.6) is 0 Å². The third kappa shape index (κ3) is 1.87. The lowest BCUT2D eigenvalue weighted by atomic mass is 10.3. The lowest BCUT2D eigenvalue weighted by molar-refractivity contribution is -0.384. The second kappa shape index (κ2) is 3.89. The topological polar surface area (TPSA) is 99.9 Å². The molecule has 0 unspecified atom stereocenters. The minimum atomic E-state index is -0.488. The van der Waals surface area contributed by atoms with E-state index in [-0.39, 0.29) is 11.5 Å². The summed E-state index contributed by atoms with van der Waals surface area (Å²) < 4.78 is 1.89. The highest BCUT2D eigenvalue weighted by atomic mass is 79.9. The molecule has 16 heavy (non-hydrogen) atoms. The van der Waals surface area contributed by atoms with Crippen LogP contribution in [-0.2, 0) is 0 Å². The molecule has 0 fully saturated rings. The van der Waals surface area contributed by atoms with Gasteiger partial charge in [-0.2, -0.15) is 0 Å². The van der Waals surface area contributed by atoms with Crippen LogP contribution in [0.1, 0.15) is 0 Å². The van der Waals surface area contributed by atoms with Gasteiger partial charge in [0.05, 0.1) is 11.1 Å². The van der Waals surface area contributed by atoms with Crippen molar-refractivity contribution in [3.63, 3.8) is 0 Å². The smallest absolute Gasteiger partial charge is 0.296 e. The average molecular weight is 284 g/mol. The first-order valence-electron chi connectivity index (χ1n) is 4.20. The SMILES string of the molecule is Nc1cn(-c2ccc(Br)cc2[N+](=O)[O-])nn1. The molecule has 2 rings (SSSR count). The van der Waals surface area contributed by atoms with E-state index in [1.807, 2.05) is 0 Å². The summed E-state index contributed by atoms with van der Waals surface area (Å²) in [5.41, 5.74) is 5.65. The van der Waals surface area contributed by atoms with Crippen LogP contribution in [0.2, 0.25) is 0 Å². The van der Waals surface area contributed by atoms with Crippen LogP contribution < -0.4 is 5.73 Å². The van der Waals surface area contributed by atoms with Gasteiger partial charge in [0.25, 0.3) is 5.69 Å². The van der Waals surface area contributed by atoms with Crippen molar-refractivity contribution in [2.45, 2.75) is 0 Å². The normalized spacial score (nSPS) is 10.3. The average Bonchev–Trinajstić information content (AvgIpc) is 2.64. The number of nitrogens with two attached hydrogens (primary N) is 1. The molecular weight excluding hydrogens is 278 g/mol. The molecule has 0 saturated carbocycles. The molecule has 0 aliphatic heterocycles. The summed E-state index contributed by atoms with van der Waals surface area (Å²) in [4.78, 5) is 10.4. The molecule has 82 valence electrons. The van der Waals surface area contributed by atoms with E-state index in [2.05, 4.69) is 26.2 Å². The van der Waals surface area contributed by atoms with Gasteiger partial charge in [-0.25, -0.2) is 4.68 Å². The maximum Gasteiger partial charge on any atom is 0.296 e. The molecule has 7 nitrogen and oxygen atoms in total. The first kappa shape index (κ1) is 10.6. The highest BCUT2D eigenvalue weighted by Crippen LogP contribution is 2.26. The van der Waals surface area contributed by atoms with Crippen molar-refractivity contribution in [2.75, 3.05) is 5.73 Å². The number of rotatable bonds is 2. The van der Waals surface area contributed by atoms with Crippen molar-refractivity contribution in [2.24, 2.45) is 0 Å². The monoisotopic (exact) mass is 283 g/mol. The molecule has 2 N–H and O–H groups in total. The number of nitrogen functional groups attached to an aromatic ring is 1. The number of hydrogen-bond donors (Lipinski definition) is 1. The van der Waals surface area contributed by atoms with E-state index in [0.717, 1.165) is 0 Å². The van der Waals surface area contributed by atoms with Crippen LogP contribution >= 0.6 is 15.9 Å². The number of nitro benzene ring substituents is 1. The molecule has 1 aromatic heterocycles. The van der Waals surface area contributed by atoms with Gasteiger partial charge in [-0.15, -0.1) is 5.10 Å². The predicted molar refractivity (Wildman–Crippen MR) is 60.1 cm³/mol. The minimum absolute atomic E-state index is 0.0701. The lowest BCUT2D eigenvalue weighted by Crippen LogP contribution is -2.00. The third-order valence-corrected chi connectivity index (χ3v) is 2.39. The summed E-state index contributed by atoms with van der Waals surface area (Å²) >= 11 is 3.17. The van der Waals surface area contributed by atoms with Crippen molar-refractivity contribution in [1.82, 2.24) is 15.0 Å². The standard InChI is InChI=1S/C8H6BrN5O2/c9-5-1-2-6(7(3-5)14(15)16)13-4-8(10)11-12-13/h1-4H,10H2. The molecule has 0 aliphatic carbocycles. The summed E-state index contributed by atoms with van der Waals surface area (Å²) in [5, 5.41) is 18.1. The van der Waals surface area contributed by atoms with Crippen molar-refractivity contribution in [3.05, 3.63) is 39.0 Å². The quantitative estimate of drug-likeness (QED) is 0.665. The van der Waals surface area contributed by atoms with Crippen LogP contribution in [0.25, 0.3) is 5.69 Å². The lowest BCUT2D eigenvalue weighted by Gasteiger charge is -2.01. The Morgan fingerprint density at radius 3 is 2.81 bits per heavy atom. The van der Waals surface area contributed by atoms with Crippen LogP contribution in [0.4, 0.5) is 11.5 Å². The van der Waals surface area contributed by atoms with Gasteiger partial charge < -0.3 is 5.73 Å². The molecule has 0 spiro atoms. The van der Waals surface area contributed by atoms with Crippen LogP contribution in [0, 0.1) is 10.1 Å². The van der Waals surface area contributed by atoms with Crippen LogP contribution in [0.3, 0.4) is 0 Å². The second-order valence-corrected chi connectivity index (χ2v) is 3.89. The van der Waals surface area contributed by atoms with E-state index in [9.17, 15) is 10.1 Å². The number of nitro groups is 1. The molecule has 0 bridgehead atoms. The Labute approximate surface area is 98.1 Å². The molecule has 8 heteroatoms. The van der Waals surface area contributed by atoms with Gasteiger partial charge in [0.1, 0.15) is 5.69 Å². The van der Waals surface area contributed by atoms with Crippen molar-refractivity contribution >= 4 is 27.4 Å². The van der Waals surface area contributed by atoms with E-state index in [1.165, 1.54) is 16.9 Å². The fraction of sp³-hybridized carbons (Fsp3) is 0. The Kier molecular flexibility index (Phi) is 2.57. The Bertz CT molecular complexity index is 553. The molecule has 1 heterocycles. The number of hydrogen-bond acceptors (Lipinski definition) is 5. The zero-order chi connectivity index (χ0) is 11.7. The van der Waals surface area contributed by atoms with Gasteiger partial charge in [0.2, 0.25) is 0 Å². The maximum atomic E-state index is 10.8. The van der Waals surface area contributed by atoms with Crippen molar-refractivity contribution in [3.8, 4) is 5.69 Å². The zero-order valence-corrected chi connectivity index (χ0v) is 9.46. The second-order valence-electron chi connectivity index (χ2n) is 2.98.